The zero-order valence-electron chi connectivity index (χ0n) is 9.68. The highest BCUT2D eigenvalue weighted by Crippen LogP contribution is 2.15. The van der Waals surface area contributed by atoms with Crippen molar-refractivity contribution < 1.29 is 18.3 Å². The minimum Gasteiger partial charge on any atom is -0.477 e. The average Bonchev–Trinajstić information content (AvgIpc) is 2.71. The Labute approximate surface area is 110 Å². The van der Waals surface area contributed by atoms with E-state index in [1.54, 1.807) is 6.92 Å². The first-order valence-corrected chi connectivity index (χ1v) is 6.90. The van der Waals surface area contributed by atoms with Crippen LogP contribution in [0.15, 0.2) is 28.8 Å². The molecule has 8 heteroatoms. The first kappa shape index (κ1) is 14.7. The van der Waals surface area contributed by atoms with Crippen molar-refractivity contribution in [2.75, 3.05) is 6.54 Å². The molecule has 6 nitrogen and oxygen atoms in total. The van der Waals surface area contributed by atoms with E-state index in [0.29, 0.717) is 6.54 Å². The molecule has 0 aliphatic heterocycles. The van der Waals surface area contributed by atoms with Crippen LogP contribution in [0.5, 0.6) is 0 Å². The average molecular weight is 293 g/mol. The number of halogens is 1. The molecule has 1 rings (SSSR count). The van der Waals surface area contributed by atoms with Crippen molar-refractivity contribution in [3.05, 3.63) is 29.6 Å². The van der Waals surface area contributed by atoms with Crippen molar-refractivity contribution in [1.29, 1.82) is 0 Å². The minimum absolute atomic E-state index is 0.0809. The maximum absolute atomic E-state index is 11.8. The molecule has 18 heavy (non-hydrogen) atoms. The summed E-state index contributed by atoms with van der Waals surface area (Å²) in [7, 11) is -3.78. The summed E-state index contributed by atoms with van der Waals surface area (Å²) in [5, 5.41) is 9.07. The van der Waals surface area contributed by atoms with E-state index in [1.807, 2.05) is 0 Å². The van der Waals surface area contributed by atoms with Gasteiger partial charge in [-0.1, -0.05) is 18.2 Å². The summed E-state index contributed by atoms with van der Waals surface area (Å²) in [6.45, 7) is 5.33. The number of carboxylic acid groups (broad SMARTS) is 1. The molecule has 0 saturated heterocycles. The molecule has 1 heterocycles. The first-order chi connectivity index (χ1) is 8.27. The van der Waals surface area contributed by atoms with Gasteiger partial charge in [-0.2, -0.15) is 0 Å². The molecule has 100 valence electrons. The van der Waals surface area contributed by atoms with Gasteiger partial charge in [-0.15, -0.1) is 0 Å². The lowest BCUT2D eigenvalue weighted by molar-refractivity contribution is 0.0685. The molecule has 0 atom stereocenters. The lowest BCUT2D eigenvalue weighted by Gasteiger charge is -2.02. The van der Waals surface area contributed by atoms with Gasteiger partial charge in [0.25, 0.3) is 0 Å². The predicted molar refractivity (Wildman–Crippen MR) is 67.2 cm³/mol. The molecule has 0 amide bonds. The maximum atomic E-state index is 11.8. The monoisotopic (exact) mass is 292 g/mol. The Morgan fingerprint density at radius 3 is 2.61 bits per heavy atom. The third kappa shape index (κ3) is 3.34. The molecular weight excluding hydrogens is 280 g/mol. The normalized spacial score (nSPS) is 11.4. The largest absolute Gasteiger partial charge is 0.477 e. The molecule has 2 N–H and O–H groups in total. The Kier molecular flexibility index (Phi) is 4.55. The molecule has 0 aromatic carbocycles. The zero-order valence-corrected chi connectivity index (χ0v) is 11.3. The van der Waals surface area contributed by atoms with E-state index in [9.17, 15) is 13.2 Å². The second-order valence-electron chi connectivity index (χ2n) is 3.49. The van der Waals surface area contributed by atoms with Gasteiger partial charge in [-0.05, 0) is 13.0 Å². The number of sulfonamides is 1. The summed E-state index contributed by atoms with van der Waals surface area (Å²) in [6.07, 6.45) is 1.27. The van der Waals surface area contributed by atoms with Gasteiger partial charge in [0, 0.05) is 24.3 Å². The van der Waals surface area contributed by atoms with E-state index < -0.39 is 16.0 Å². The summed E-state index contributed by atoms with van der Waals surface area (Å²) in [6, 6.07) is 1.10. The van der Waals surface area contributed by atoms with Crippen LogP contribution in [-0.4, -0.2) is 30.6 Å². The highest BCUT2D eigenvalue weighted by Gasteiger charge is 2.20. The summed E-state index contributed by atoms with van der Waals surface area (Å²) < 4.78 is 27.2. The highest BCUT2D eigenvalue weighted by atomic mass is 35.5. The van der Waals surface area contributed by atoms with Gasteiger partial charge in [-0.25, -0.2) is 17.9 Å². The quantitative estimate of drug-likeness (QED) is 0.825. The summed E-state index contributed by atoms with van der Waals surface area (Å²) in [4.78, 5) is 10.8. The Morgan fingerprint density at radius 1 is 1.61 bits per heavy atom. The number of nitrogens with one attached hydrogen (secondary N) is 1. The summed E-state index contributed by atoms with van der Waals surface area (Å²) in [5.41, 5.74) is -0.0809. The number of carboxylic acids is 1. The van der Waals surface area contributed by atoms with Crippen molar-refractivity contribution in [2.24, 2.45) is 0 Å². The van der Waals surface area contributed by atoms with Gasteiger partial charge in [0.2, 0.25) is 10.0 Å². The smallest absolute Gasteiger partial charge is 0.352 e. The van der Waals surface area contributed by atoms with Gasteiger partial charge in [0.05, 0.1) is 0 Å². The molecule has 0 fully saturated rings. The third-order valence-electron chi connectivity index (χ3n) is 2.20. The van der Waals surface area contributed by atoms with Gasteiger partial charge >= 0.3 is 5.97 Å². The number of rotatable bonds is 6. The van der Waals surface area contributed by atoms with Crippen LogP contribution in [0.25, 0.3) is 0 Å². The number of aromatic carboxylic acids is 1. The number of hydrogen-bond donors (Lipinski definition) is 2. The Balaban J connectivity index is 3.10. The number of nitrogens with zero attached hydrogens (tertiary/aromatic N) is 1. The molecule has 0 bridgehead atoms. The lowest BCUT2D eigenvalue weighted by Crippen LogP contribution is -2.24. The fraction of sp³-hybridized carbons (Fsp3) is 0.300. The van der Waals surface area contributed by atoms with E-state index in [4.69, 9.17) is 16.7 Å². The van der Waals surface area contributed by atoms with Crippen molar-refractivity contribution in [3.8, 4) is 0 Å². The van der Waals surface area contributed by atoms with Crippen LogP contribution in [0.2, 0.25) is 0 Å². The molecule has 0 radical (unpaired) electrons. The van der Waals surface area contributed by atoms with Crippen LogP contribution in [0, 0.1) is 0 Å². The topological polar surface area (TPSA) is 88.4 Å². The minimum atomic E-state index is -3.78. The van der Waals surface area contributed by atoms with Crippen LogP contribution in [-0.2, 0) is 16.6 Å². The van der Waals surface area contributed by atoms with Gasteiger partial charge in [0.15, 0.2) is 0 Å². The Morgan fingerprint density at radius 2 is 2.22 bits per heavy atom. The van der Waals surface area contributed by atoms with Crippen LogP contribution < -0.4 is 4.72 Å². The van der Waals surface area contributed by atoms with Crippen LogP contribution in [0.4, 0.5) is 0 Å². The third-order valence-corrected chi connectivity index (χ3v) is 3.70. The number of hydrogen-bond acceptors (Lipinski definition) is 3. The van der Waals surface area contributed by atoms with Crippen molar-refractivity contribution >= 4 is 27.6 Å². The van der Waals surface area contributed by atoms with Crippen LogP contribution in [0.1, 0.15) is 17.4 Å². The fourth-order valence-corrected chi connectivity index (χ4v) is 2.54. The van der Waals surface area contributed by atoms with E-state index in [-0.39, 0.29) is 22.2 Å². The van der Waals surface area contributed by atoms with Crippen molar-refractivity contribution in [1.82, 2.24) is 9.29 Å². The summed E-state index contributed by atoms with van der Waals surface area (Å²) in [5.74, 6) is -1.18. The maximum Gasteiger partial charge on any atom is 0.352 e. The number of aryl methyl sites for hydroxylation is 1. The standard InChI is InChI=1S/C10H13ClN2O4S/c1-3-13-6-8(4-9(13)10(14)15)18(16,17)12-5-7(2)11/h4,6,12H,2-3,5H2,1H3,(H,14,15). The first-order valence-electron chi connectivity index (χ1n) is 5.04. The molecule has 0 unspecified atom stereocenters. The fourth-order valence-electron chi connectivity index (χ4n) is 1.33. The van der Waals surface area contributed by atoms with Crippen LogP contribution >= 0.6 is 11.6 Å². The van der Waals surface area contributed by atoms with Gasteiger partial charge in [0.1, 0.15) is 10.6 Å². The molecule has 0 aliphatic rings. The van der Waals surface area contributed by atoms with Crippen LogP contribution in [0.3, 0.4) is 0 Å². The summed E-state index contributed by atoms with van der Waals surface area (Å²) >= 11 is 5.46. The Hall–Kier alpha value is -1.31. The highest BCUT2D eigenvalue weighted by molar-refractivity contribution is 7.89. The molecule has 1 aromatic heterocycles. The van der Waals surface area contributed by atoms with E-state index >= 15 is 0 Å². The molecular formula is C10H13ClN2O4S. The zero-order chi connectivity index (χ0) is 13.9. The number of carbonyl (C=O) groups is 1. The second kappa shape index (κ2) is 5.55. The van der Waals surface area contributed by atoms with E-state index in [0.717, 1.165) is 6.07 Å². The predicted octanol–water partition coefficient (Wildman–Crippen LogP) is 1.24. The van der Waals surface area contributed by atoms with Gasteiger partial charge in [-0.3, -0.25) is 0 Å². The number of aromatic nitrogens is 1. The van der Waals surface area contributed by atoms with Crippen molar-refractivity contribution in [3.63, 3.8) is 0 Å². The van der Waals surface area contributed by atoms with E-state index in [2.05, 4.69) is 11.3 Å². The molecule has 0 saturated carbocycles. The van der Waals surface area contributed by atoms with E-state index in [1.165, 1.54) is 10.8 Å². The molecule has 1 aromatic rings. The van der Waals surface area contributed by atoms with Crippen molar-refractivity contribution in [2.45, 2.75) is 18.4 Å². The molecule has 0 spiro atoms. The Bertz CT molecular complexity index is 577. The SMILES string of the molecule is C=C(Cl)CNS(=O)(=O)c1cc(C(=O)O)n(CC)c1. The van der Waals surface area contributed by atoms with Gasteiger partial charge < -0.3 is 9.67 Å². The lowest BCUT2D eigenvalue weighted by atomic mass is 10.4. The molecule has 0 aliphatic carbocycles. The second-order valence-corrected chi connectivity index (χ2v) is 5.80.